The maximum Gasteiger partial charge on any atom is 0.157 e. The molecule has 0 fully saturated rings. The fourth-order valence-electron chi connectivity index (χ4n) is 5.24. The van der Waals surface area contributed by atoms with Crippen LogP contribution in [-0.4, -0.2) is 17.0 Å². The molecule has 2 heterocycles. The van der Waals surface area contributed by atoms with Crippen LogP contribution >= 0.6 is 0 Å². The Labute approximate surface area is 167 Å². The van der Waals surface area contributed by atoms with Gasteiger partial charge in [-0.3, -0.25) is 4.79 Å². The van der Waals surface area contributed by atoms with E-state index in [0.29, 0.717) is 18.6 Å². The summed E-state index contributed by atoms with van der Waals surface area (Å²) in [4.78, 5) is 11.7. The predicted molar refractivity (Wildman–Crippen MR) is 109 cm³/mol. The zero-order chi connectivity index (χ0) is 20.1. The van der Waals surface area contributed by atoms with Crippen molar-refractivity contribution in [1.82, 2.24) is 0 Å². The highest BCUT2D eigenvalue weighted by Gasteiger charge is 2.50. The average Bonchev–Trinajstić information content (AvgIpc) is 3.02. The number of carbonyl (C=O) groups excluding carboxylic acids is 1. The van der Waals surface area contributed by atoms with Crippen LogP contribution < -0.4 is 4.74 Å². The number of carbonyl (C=O) groups is 1. The Kier molecular flexibility index (Phi) is 4.81. The highest BCUT2D eigenvalue weighted by Crippen LogP contribution is 2.56. The molecule has 0 aromatic heterocycles. The van der Waals surface area contributed by atoms with Gasteiger partial charge in [-0.05, 0) is 69.4 Å². The molecular formula is C24H32O4. The molecule has 2 aliphatic heterocycles. The van der Waals surface area contributed by atoms with E-state index in [4.69, 9.17) is 9.47 Å². The SMILES string of the molecule is C/C1=C/CC(C)(C)CCCC2(C)Oc3c(C=O)c(O)cc4c3C(OC4)C2CC1. The molecular weight excluding hydrogens is 352 g/mol. The maximum atomic E-state index is 11.7. The van der Waals surface area contributed by atoms with E-state index in [1.807, 2.05) is 0 Å². The van der Waals surface area contributed by atoms with Gasteiger partial charge in [-0.1, -0.05) is 25.5 Å². The van der Waals surface area contributed by atoms with Crippen LogP contribution in [-0.2, 0) is 11.3 Å². The number of allylic oxidation sites excluding steroid dienone is 2. The van der Waals surface area contributed by atoms with Crippen LogP contribution in [0.15, 0.2) is 17.7 Å². The zero-order valence-corrected chi connectivity index (χ0v) is 17.5. The van der Waals surface area contributed by atoms with Gasteiger partial charge < -0.3 is 14.6 Å². The number of ether oxygens (including phenoxy) is 2. The van der Waals surface area contributed by atoms with Crippen LogP contribution in [0.3, 0.4) is 0 Å². The van der Waals surface area contributed by atoms with Gasteiger partial charge in [-0.2, -0.15) is 0 Å². The number of phenols is 1. The Balaban J connectivity index is 1.77. The van der Waals surface area contributed by atoms with Gasteiger partial charge in [0.25, 0.3) is 0 Å². The number of fused-ring (bicyclic) bond motifs is 2. The Morgan fingerprint density at radius 1 is 1.25 bits per heavy atom. The van der Waals surface area contributed by atoms with Crippen LogP contribution in [0.25, 0.3) is 0 Å². The summed E-state index contributed by atoms with van der Waals surface area (Å²) >= 11 is 0. The van der Waals surface area contributed by atoms with Gasteiger partial charge in [0, 0.05) is 11.5 Å². The van der Waals surface area contributed by atoms with E-state index in [1.165, 1.54) is 5.57 Å². The van der Waals surface area contributed by atoms with E-state index in [2.05, 4.69) is 33.8 Å². The number of hydrogen-bond donors (Lipinski definition) is 1. The zero-order valence-electron chi connectivity index (χ0n) is 17.5. The minimum Gasteiger partial charge on any atom is -0.507 e. The number of phenolic OH excluding ortho intramolecular Hbond substituents is 1. The van der Waals surface area contributed by atoms with Crippen molar-refractivity contribution in [2.75, 3.05) is 0 Å². The lowest BCUT2D eigenvalue weighted by atomic mass is 9.72. The lowest BCUT2D eigenvalue weighted by Crippen LogP contribution is -2.47. The third kappa shape index (κ3) is 3.26. The molecule has 28 heavy (non-hydrogen) atoms. The first kappa shape index (κ1) is 19.5. The molecule has 3 atom stereocenters. The second-order valence-corrected chi connectivity index (χ2v) is 9.89. The van der Waals surface area contributed by atoms with Crippen molar-refractivity contribution in [2.24, 2.45) is 11.3 Å². The van der Waals surface area contributed by atoms with Gasteiger partial charge in [-0.25, -0.2) is 0 Å². The van der Waals surface area contributed by atoms with Gasteiger partial charge in [0.2, 0.25) is 0 Å². The van der Waals surface area contributed by atoms with Crippen molar-refractivity contribution in [1.29, 1.82) is 0 Å². The van der Waals surface area contributed by atoms with Crippen LogP contribution in [0, 0.1) is 11.3 Å². The van der Waals surface area contributed by atoms with E-state index < -0.39 is 5.60 Å². The quantitative estimate of drug-likeness (QED) is 0.486. The molecule has 0 bridgehead atoms. The Hall–Kier alpha value is -1.81. The van der Waals surface area contributed by atoms with Crippen molar-refractivity contribution < 1.29 is 19.4 Å². The molecule has 3 aliphatic rings. The monoisotopic (exact) mass is 384 g/mol. The number of aldehydes is 1. The normalized spacial score (nSPS) is 33.5. The predicted octanol–water partition coefficient (Wildman–Crippen LogP) is 5.87. The minimum atomic E-state index is -0.411. The van der Waals surface area contributed by atoms with Crippen molar-refractivity contribution in [3.63, 3.8) is 0 Å². The molecule has 0 radical (unpaired) electrons. The second-order valence-electron chi connectivity index (χ2n) is 9.89. The van der Waals surface area contributed by atoms with Gasteiger partial charge >= 0.3 is 0 Å². The van der Waals surface area contributed by atoms with E-state index in [1.54, 1.807) is 6.07 Å². The number of hydrogen-bond acceptors (Lipinski definition) is 4. The van der Waals surface area contributed by atoms with E-state index >= 15 is 0 Å². The van der Waals surface area contributed by atoms with Crippen molar-refractivity contribution in [3.8, 4) is 11.5 Å². The topological polar surface area (TPSA) is 55.8 Å². The third-order valence-corrected chi connectivity index (χ3v) is 7.11. The van der Waals surface area contributed by atoms with E-state index in [-0.39, 0.29) is 28.7 Å². The summed E-state index contributed by atoms with van der Waals surface area (Å²) in [6.07, 6.45) is 9.31. The highest BCUT2D eigenvalue weighted by atomic mass is 16.5. The molecule has 1 aliphatic carbocycles. The van der Waals surface area contributed by atoms with Gasteiger partial charge in [-0.15, -0.1) is 0 Å². The molecule has 0 amide bonds. The van der Waals surface area contributed by atoms with Crippen LogP contribution in [0.4, 0.5) is 0 Å². The molecule has 152 valence electrons. The van der Waals surface area contributed by atoms with E-state index in [0.717, 1.165) is 49.7 Å². The standard InChI is InChI=1S/C24H32O4/c1-15-6-7-18-22-20-16(14-27-22)12-19(26)17(13-25)21(20)28-24(18,4)10-5-9-23(2,3)11-8-15/h8,12-13,18,22,26H,5-7,9-11,14H2,1-4H3/b15-8-. The summed E-state index contributed by atoms with van der Waals surface area (Å²) in [6.45, 7) is 9.54. The summed E-state index contributed by atoms with van der Waals surface area (Å²) in [5, 5.41) is 10.3. The molecule has 1 aromatic carbocycles. The summed E-state index contributed by atoms with van der Waals surface area (Å²) in [6, 6.07) is 1.67. The molecule has 4 nitrogen and oxygen atoms in total. The summed E-state index contributed by atoms with van der Waals surface area (Å²) in [5.41, 5.74) is 3.49. The summed E-state index contributed by atoms with van der Waals surface area (Å²) in [7, 11) is 0. The molecule has 1 aromatic rings. The first-order valence-corrected chi connectivity index (χ1v) is 10.5. The lowest BCUT2D eigenvalue weighted by Gasteiger charge is -2.46. The summed E-state index contributed by atoms with van der Waals surface area (Å²) in [5.74, 6) is 0.772. The van der Waals surface area contributed by atoms with Crippen LogP contribution in [0.1, 0.15) is 93.8 Å². The molecule has 0 saturated heterocycles. The van der Waals surface area contributed by atoms with Crippen molar-refractivity contribution in [2.45, 2.75) is 84.5 Å². The van der Waals surface area contributed by atoms with Crippen LogP contribution in [0.5, 0.6) is 11.5 Å². The summed E-state index contributed by atoms with van der Waals surface area (Å²) < 4.78 is 12.8. The minimum absolute atomic E-state index is 0.00775. The first-order chi connectivity index (χ1) is 13.2. The molecule has 0 spiro atoms. The van der Waals surface area contributed by atoms with Crippen molar-refractivity contribution in [3.05, 3.63) is 34.4 Å². The molecule has 1 N–H and O–H groups in total. The fourth-order valence-corrected chi connectivity index (χ4v) is 5.24. The first-order valence-electron chi connectivity index (χ1n) is 10.5. The number of rotatable bonds is 1. The number of benzene rings is 1. The highest BCUT2D eigenvalue weighted by molar-refractivity contribution is 5.85. The Morgan fingerprint density at radius 2 is 2.04 bits per heavy atom. The molecule has 4 heteroatoms. The fraction of sp³-hybridized carbons (Fsp3) is 0.625. The lowest BCUT2D eigenvalue weighted by molar-refractivity contribution is -0.0942. The maximum absolute atomic E-state index is 11.7. The third-order valence-electron chi connectivity index (χ3n) is 7.11. The van der Waals surface area contributed by atoms with Crippen LogP contribution in [0.2, 0.25) is 0 Å². The largest absolute Gasteiger partial charge is 0.507 e. The molecule has 3 unspecified atom stereocenters. The second kappa shape index (κ2) is 6.91. The van der Waals surface area contributed by atoms with Gasteiger partial charge in [0.05, 0.1) is 18.3 Å². The van der Waals surface area contributed by atoms with Gasteiger partial charge in [0.15, 0.2) is 6.29 Å². The van der Waals surface area contributed by atoms with Crippen molar-refractivity contribution >= 4 is 6.29 Å². The molecule has 4 rings (SSSR count). The van der Waals surface area contributed by atoms with E-state index in [9.17, 15) is 9.90 Å². The van der Waals surface area contributed by atoms with Gasteiger partial charge in [0.1, 0.15) is 17.1 Å². The average molecular weight is 385 g/mol. The molecule has 0 saturated carbocycles. The smallest absolute Gasteiger partial charge is 0.157 e. The Morgan fingerprint density at radius 3 is 2.79 bits per heavy atom. The number of aromatic hydroxyl groups is 1. The Bertz CT molecular complexity index is 822.